The SMILES string of the molecule is C[C@H]1CNC(O)c2cnn3ccc(nc23)CCc2cc(F)ccc2O1. The van der Waals surface area contributed by atoms with Gasteiger partial charge >= 0.3 is 0 Å². The van der Waals surface area contributed by atoms with Gasteiger partial charge in [0.05, 0.1) is 11.8 Å². The summed E-state index contributed by atoms with van der Waals surface area (Å²) in [7, 11) is 0. The van der Waals surface area contributed by atoms with Crippen LogP contribution in [0.25, 0.3) is 5.65 Å². The molecule has 4 rings (SSSR count). The molecule has 2 aromatic heterocycles. The van der Waals surface area contributed by atoms with E-state index in [1.807, 2.05) is 19.2 Å². The Hall–Kier alpha value is -2.51. The molecule has 0 fully saturated rings. The van der Waals surface area contributed by atoms with Gasteiger partial charge in [0, 0.05) is 18.4 Å². The highest BCUT2D eigenvalue weighted by molar-refractivity contribution is 5.48. The van der Waals surface area contributed by atoms with Crippen LogP contribution in [0.1, 0.15) is 30.0 Å². The van der Waals surface area contributed by atoms with Crippen LogP contribution < -0.4 is 10.1 Å². The number of halogens is 1. The maximum atomic E-state index is 13.7. The van der Waals surface area contributed by atoms with Gasteiger partial charge in [-0.15, -0.1) is 0 Å². The Kier molecular flexibility index (Phi) is 4.10. The minimum Gasteiger partial charge on any atom is -0.489 e. The van der Waals surface area contributed by atoms with Gasteiger partial charge in [-0.2, -0.15) is 5.10 Å². The third-order valence-electron chi connectivity index (χ3n) is 4.35. The maximum Gasteiger partial charge on any atom is 0.162 e. The Labute approximate surface area is 144 Å². The minimum absolute atomic E-state index is 0.193. The monoisotopic (exact) mass is 342 g/mol. The molecule has 0 radical (unpaired) electrons. The summed E-state index contributed by atoms with van der Waals surface area (Å²) in [6.07, 6.45) is 3.60. The lowest BCUT2D eigenvalue weighted by Crippen LogP contribution is -2.32. The number of aliphatic hydroxyl groups is 1. The molecule has 0 aliphatic carbocycles. The summed E-state index contributed by atoms with van der Waals surface area (Å²) < 4.78 is 21.2. The van der Waals surface area contributed by atoms with Gasteiger partial charge in [0.1, 0.15) is 23.9 Å². The number of hydrogen-bond acceptors (Lipinski definition) is 5. The molecule has 0 saturated carbocycles. The van der Waals surface area contributed by atoms with Crippen molar-refractivity contribution in [3.8, 4) is 5.75 Å². The molecule has 0 amide bonds. The number of aromatic nitrogens is 3. The van der Waals surface area contributed by atoms with E-state index < -0.39 is 6.23 Å². The first-order valence-corrected chi connectivity index (χ1v) is 8.30. The third kappa shape index (κ3) is 3.20. The van der Waals surface area contributed by atoms with Gasteiger partial charge in [-0.25, -0.2) is 13.9 Å². The van der Waals surface area contributed by atoms with Crippen LogP contribution in [-0.2, 0) is 12.8 Å². The lowest BCUT2D eigenvalue weighted by Gasteiger charge is -2.19. The highest BCUT2D eigenvalue weighted by atomic mass is 19.1. The molecule has 7 heteroatoms. The van der Waals surface area contributed by atoms with Crippen molar-refractivity contribution < 1.29 is 14.2 Å². The Balaban J connectivity index is 1.76. The fourth-order valence-electron chi connectivity index (χ4n) is 3.02. The summed E-state index contributed by atoms with van der Waals surface area (Å²) in [6, 6.07) is 6.44. The van der Waals surface area contributed by atoms with Crippen molar-refractivity contribution in [3.63, 3.8) is 0 Å². The molecular formula is C18H19FN4O2. The van der Waals surface area contributed by atoms with Gasteiger partial charge in [-0.3, -0.25) is 5.32 Å². The zero-order valence-electron chi connectivity index (χ0n) is 13.8. The van der Waals surface area contributed by atoms with Gasteiger partial charge in [-0.05, 0) is 49.6 Å². The maximum absolute atomic E-state index is 13.7. The Morgan fingerprint density at radius 2 is 2.20 bits per heavy atom. The molecule has 25 heavy (non-hydrogen) atoms. The van der Waals surface area contributed by atoms with Gasteiger partial charge in [0.2, 0.25) is 0 Å². The molecule has 2 N–H and O–H groups in total. The molecule has 3 aromatic rings. The molecule has 6 nitrogen and oxygen atoms in total. The minimum atomic E-state index is -0.889. The third-order valence-corrected chi connectivity index (χ3v) is 4.35. The van der Waals surface area contributed by atoms with Crippen LogP contribution in [0.4, 0.5) is 4.39 Å². The smallest absolute Gasteiger partial charge is 0.162 e. The van der Waals surface area contributed by atoms with Crippen molar-refractivity contribution in [2.24, 2.45) is 0 Å². The van der Waals surface area contributed by atoms with Crippen LogP contribution in [0.15, 0.2) is 36.7 Å². The molecule has 2 atom stereocenters. The molecule has 0 spiro atoms. The number of ether oxygens (including phenoxy) is 1. The fraction of sp³-hybridized carbons (Fsp3) is 0.333. The topological polar surface area (TPSA) is 71.7 Å². The zero-order valence-corrected chi connectivity index (χ0v) is 13.8. The van der Waals surface area contributed by atoms with Crippen molar-refractivity contribution in [1.29, 1.82) is 0 Å². The Morgan fingerprint density at radius 3 is 3.08 bits per heavy atom. The average molecular weight is 342 g/mol. The number of fused-ring (bicyclic) bond motifs is 2. The number of nitrogens with one attached hydrogen (secondary N) is 1. The van der Waals surface area contributed by atoms with E-state index in [-0.39, 0.29) is 11.9 Å². The number of benzene rings is 1. The lowest BCUT2D eigenvalue weighted by molar-refractivity contribution is 0.117. The second kappa shape index (κ2) is 6.42. The average Bonchev–Trinajstić information content (AvgIpc) is 3.02. The molecule has 1 unspecified atom stereocenters. The van der Waals surface area contributed by atoms with Crippen LogP contribution in [0.2, 0.25) is 0 Å². The van der Waals surface area contributed by atoms with E-state index >= 15 is 0 Å². The molecular weight excluding hydrogens is 323 g/mol. The normalized spacial score (nSPS) is 21.1. The van der Waals surface area contributed by atoms with Gasteiger partial charge < -0.3 is 9.84 Å². The summed E-state index contributed by atoms with van der Waals surface area (Å²) in [6.45, 7) is 2.33. The predicted molar refractivity (Wildman–Crippen MR) is 89.8 cm³/mol. The Bertz CT molecular complexity index is 911. The molecule has 130 valence electrons. The van der Waals surface area contributed by atoms with Gasteiger partial charge in [0.25, 0.3) is 0 Å². The summed E-state index contributed by atoms with van der Waals surface area (Å²) in [4.78, 5) is 4.61. The summed E-state index contributed by atoms with van der Waals surface area (Å²) in [5, 5.41) is 17.7. The standard InChI is InChI=1S/C18H19FN4O2/c1-11-9-20-18(24)15-10-21-23-7-6-14(22-17(15)23)4-2-12-8-13(19)3-5-16(12)25-11/h3,5-8,10-11,18,20,24H,2,4,9H2,1H3/t11-,18?/m0/s1. The van der Waals surface area contributed by atoms with Crippen molar-refractivity contribution >= 4 is 5.65 Å². The van der Waals surface area contributed by atoms with Crippen LogP contribution >= 0.6 is 0 Å². The summed E-state index contributed by atoms with van der Waals surface area (Å²) >= 11 is 0. The van der Waals surface area contributed by atoms with Crippen LogP contribution in [0.3, 0.4) is 0 Å². The lowest BCUT2D eigenvalue weighted by atomic mass is 10.1. The van der Waals surface area contributed by atoms with Gasteiger partial charge in [-0.1, -0.05) is 0 Å². The van der Waals surface area contributed by atoms with E-state index in [2.05, 4.69) is 15.4 Å². The summed E-state index contributed by atoms with van der Waals surface area (Å²) in [5.74, 6) is 0.378. The highest BCUT2D eigenvalue weighted by Gasteiger charge is 2.18. The predicted octanol–water partition coefficient (Wildman–Crippen LogP) is 2.02. The zero-order chi connectivity index (χ0) is 17.4. The molecule has 0 saturated heterocycles. The number of hydrogen-bond donors (Lipinski definition) is 2. The first-order chi connectivity index (χ1) is 12.1. The second-order valence-corrected chi connectivity index (χ2v) is 6.28. The first-order valence-electron chi connectivity index (χ1n) is 8.30. The fourth-order valence-corrected chi connectivity index (χ4v) is 3.02. The van der Waals surface area contributed by atoms with Gasteiger partial charge in [0.15, 0.2) is 5.65 Å². The van der Waals surface area contributed by atoms with Crippen molar-refractivity contribution in [2.45, 2.75) is 32.1 Å². The van der Waals surface area contributed by atoms with E-state index in [1.54, 1.807) is 16.8 Å². The molecule has 3 heterocycles. The Morgan fingerprint density at radius 1 is 1.32 bits per heavy atom. The van der Waals surface area contributed by atoms with E-state index in [4.69, 9.17) is 4.74 Å². The van der Waals surface area contributed by atoms with Crippen molar-refractivity contribution in [2.75, 3.05) is 6.54 Å². The van der Waals surface area contributed by atoms with Crippen LogP contribution in [-0.4, -0.2) is 32.4 Å². The van der Waals surface area contributed by atoms with Crippen LogP contribution in [0.5, 0.6) is 5.75 Å². The molecule has 2 bridgehead atoms. The largest absolute Gasteiger partial charge is 0.489 e. The molecule has 1 aliphatic rings. The summed E-state index contributed by atoms with van der Waals surface area (Å²) in [5.41, 5.74) is 2.90. The highest BCUT2D eigenvalue weighted by Crippen LogP contribution is 2.24. The van der Waals surface area contributed by atoms with Crippen molar-refractivity contribution in [1.82, 2.24) is 19.9 Å². The molecule has 1 aromatic carbocycles. The number of rotatable bonds is 0. The second-order valence-electron chi connectivity index (χ2n) is 6.28. The number of aryl methyl sites for hydroxylation is 2. The quantitative estimate of drug-likeness (QED) is 0.654. The van der Waals surface area contributed by atoms with E-state index in [1.165, 1.54) is 12.1 Å². The van der Waals surface area contributed by atoms with E-state index in [0.717, 1.165) is 11.3 Å². The van der Waals surface area contributed by atoms with E-state index in [0.29, 0.717) is 36.3 Å². The van der Waals surface area contributed by atoms with E-state index in [9.17, 15) is 9.50 Å². The molecule has 1 aliphatic heterocycles. The first kappa shape index (κ1) is 16.0. The van der Waals surface area contributed by atoms with Crippen LogP contribution in [0, 0.1) is 5.82 Å². The number of nitrogens with zero attached hydrogens (tertiary/aromatic N) is 3. The number of aliphatic hydroxyl groups excluding tert-OH is 1. The van der Waals surface area contributed by atoms with Crippen molar-refractivity contribution in [3.05, 3.63) is 59.3 Å².